The first-order chi connectivity index (χ1) is 39.0. The maximum atomic E-state index is 12.6. The van der Waals surface area contributed by atoms with Crippen molar-refractivity contribution in [1.29, 1.82) is 5.26 Å². The first-order valence-corrected chi connectivity index (χ1v) is 27.6. The summed E-state index contributed by atoms with van der Waals surface area (Å²) in [5, 5.41) is 36.9. The third-order valence-electron chi connectivity index (χ3n) is 12.8. The molecule has 0 bridgehead atoms. The number of carbonyl (C=O) groups is 4. The Kier molecular flexibility index (Phi) is 35.7. The summed E-state index contributed by atoms with van der Waals surface area (Å²) in [6.07, 6.45) is 3.33. The number of nitriles is 1. The van der Waals surface area contributed by atoms with Gasteiger partial charge in [-0.25, -0.2) is 15.4 Å². The summed E-state index contributed by atoms with van der Waals surface area (Å²) >= 11 is 0. The predicted molar refractivity (Wildman–Crippen MR) is 285 cm³/mol. The molecule has 1 aromatic carbocycles. The number of nitrogens with one attached hydrogen (secondary N) is 1. The number of imide groups is 1. The quantitative estimate of drug-likeness (QED) is 0.0192. The van der Waals surface area contributed by atoms with Crippen molar-refractivity contribution in [2.24, 2.45) is 23.4 Å². The summed E-state index contributed by atoms with van der Waals surface area (Å²) < 4.78 is 65.9. The van der Waals surface area contributed by atoms with E-state index in [1.54, 1.807) is 31.4 Å². The minimum atomic E-state index is -1.05. The van der Waals surface area contributed by atoms with Crippen LogP contribution in [0.2, 0.25) is 0 Å². The number of likely N-dealkylation sites (tertiary alicyclic amines) is 1. The molecule has 27 nitrogen and oxygen atoms in total. The molecule has 1 saturated carbocycles. The van der Waals surface area contributed by atoms with Crippen molar-refractivity contribution in [1.82, 2.24) is 25.2 Å². The second-order valence-corrected chi connectivity index (χ2v) is 18.8. The van der Waals surface area contributed by atoms with E-state index in [9.17, 15) is 34.7 Å². The van der Waals surface area contributed by atoms with Crippen LogP contribution >= 0.6 is 0 Å². The molecule has 2 unspecified atom stereocenters. The highest BCUT2D eigenvalue weighted by Gasteiger charge is 2.38. The normalized spacial score (nSPS) is 16.7. The van der Waals surface area contributed by atoms with Crippen LogP contribution in [0.4, 0.5) is 4.79 Å². The van der Waals surface area contributed by atoms with E-state index in [1.807, 2.05) is 4.90 Å². The number of benzene rings is 1. The number of aliphatic hydroxyl groups is 2. The zero-order valence-corrected chi connectivity index (χ0v) is 46.6. The van der Waals surface area contributed by atoms with Gasteiger partial charge in [-0.05, 0) is 48.9 Å². The first-order valence-electron chi connectivity index (χ1n) is 27.6. The number of hydrogen-bond acceptors (Lipinski definition) is 24. The molecule has 1 aromatic rings. The molecule has 454 valence electrons. The third-order valence-corrected chi connectivity index (χ3v) is 12.8. The van der Waals surface area contributed by atoms with Gasteiger partial charge in [0.05, 0.1) is 189 Å². The topological polar surface area (TPSA) is 330 Å². The fourth-order valence-corrected chi connectivity index (χ4v) is 8.16. The second-order valence-electron chi connectivity index (χ2n) is 18.8. The number of hydrogen-bond donors (Lipinski definition) is 5. The molecule has 2 aliphatic heterocycles. The molecule has 4 amide bonds. The lowest BCUT2D eigenvalue weighted by molar-refractivity contribution is -0.198. The Hall–Kier alpha value is -4.71. The molecule has 27 heteroatoms. The highest BCUT2D eigenvalue weighted by molar-refractivity contribution is 6.01. The van der Waals surface area contributed by atoms with Gasteiger partial charge in [-0.3, -0.25) is 19.4 Å². The Morgan fingerprint density at radius 3 is 1.54 bits per heavy atom. The molecule has 7 N–H and O–H groups in total. The molecule has 0 aromatic heterocycles. The summed E-state index contributed by atoms with van der Waals surface area (Å²) in [7, 11) is 1.56. The van der Waals surface area contributed by atoms with Crippen LogP contribution in [0, 0.1) is 23.2 Å². The van der Waals surface area contributed by atoms with Crippen LogP contribution in [0.3, 0.4) is 0 Å². The lowest BCUT2D eigenvalue weighted by atomic mass is 9.85. The largest absolute Gasteiger partial charge is 0.397 e. The third kappa shape index (κ3) is 28.3. The van der Waals surface area contributed by atoms with Crippen LogP contribution in [0.1, 0.15) is 67.9 Å². The first kappa shape index (κ1) is 67.8. The van der Waals surface area contributed by atoms with E-state index in [4.69, 9.17) is 73.3 Å². The van der Waals surface area contributed by atoms with Crippen LogP contribution < -0.4 is 16.9 Å². The van der Waals surface area contributed by atoms with Crippen LogP contribution in [0.25, 0.3) is 5.70 Å². The van der Waals surface area contributed by atoms with E-state index >= 15 is 0 Å². The van der Waals surface area contributed by atoms with E-state index in [0.29, 0.717) is 211 Å². The molecule has 1 aliphatic carbocycles. The molecule has 3 aliphatic rings. The molecule has 0 radical (unpaired) electrons. The standard InChI is InChI=1S/C53H88N8O19/c1-57-53(67)60(39-42-3-2-4-42)52(66)44-7-9-58(40-44)51(65)46-36-43(38-54)35-45(37-46)47(55)41-59(56)10-12-69-14-16-71-18-20-73-22-24-75-26-28-77-30-32-79-34-33-78-31-29-76-27-25-74-23-21-72-19-17-70-15-13-68-11-8-50(64)80-61-48(62)5-6-49(61)63/h35-37,41-42,44,51-52,65-66H,2-34,39-40,55-56H2,1H3,(H,57,67)/b47-41-/t44-,51?,52?/m0/s1. The van der Waals surface area contributed by atoms with Crippen LogP contribution in [-0.4, -0.2) is 252 Å². The maximum absolute atomic E-state index is 12.6. The Labute approximate surface area is 469 Å². The molecule has 2 heterocycles. The molecule has 2 saturated heterocycles. The number of nitrogens with two attached hydrogens (primary N) is 2. The smallest absolute Gasteiger partial charge is 0.335 e. The monoisotopic (exact) mass is 1140 g/mol. The Morgan fingerprint density at radius 2 is 1.12 bits per heavy atom. The highest BCUT2D eigenvalue weighted by atomic mass is 16.7. The van der Waals surface area contributed by atoms with E-state index in [0.717, 1.165) is 19.3 Å². The number of nitrogens with zero attached hydrogens (tertiary/aromatic N) is 5. The van der Waals surface area contributed by atoms with E-state index in [2.05, 4.69) is 11.4 Å². The molecular weight excluding hydrogens is 1050 g/mol. The number of carbonyl (C=O) groups excluding carboxylic acids is 4. The number of amides is 4. The summed E-state index contributed by atoms with van der Waals surface area (Å²) in [4.78, 5) is 55.3. The van der Waals surface area contributed by atoms with Gasteiger partial charge in [0.25, 0.3) is 11.8 Å². The zero-order valence-electron chi connectivity index (χ0n) is 46.6. The zero-order chi connectivity index (χ0) is 57.4. The molecule has 4 rings (SSSR count). The Balaban J connectivity index is 0.844. The number of hydroxylamine groups is 2. The van der Waals surface area contributed by atoms with Gasteiger partial charge in [0, 0.05) is 57.2 Å². The predicted octanol–water partition coefficient (Wildman–Crippen LogP) is 0.260. The fraction of sp³-hybridized carbons (Fsp3) is 0.755. The van der Waals surface area contributed by atoms with Crippen molar-refractivity contribution in [3.05, 3.63) is 41.1 Å². The van der Waals surface area contributed by atoms with Crippen LogP contribution in [0.15, 0.2) is 24.4 Å². The van der Waals surface area contributed by atoms with E-state index < -0.39 is 30.2 Å². The van der Waals surface area contributed by atoms with E-state index in [1.165, 1.54) is 9.91 Å². The van der Waals surface area contributed by atoms with Gasteiger partial charge in [0.1, 0.15) is 12.5 Å². The number of hydrazine groups is 1. The van der Waals surface area contributed by atoms with Crippen molar-refractivity contribution in [2.75, 3.05) is 192 Å². The van der Waals surface area contributed by atoms with Gasteiger partial charge in [-0.2, -0.15) is 5.26 Å². The number of aliphatic hydroxyl groups excluding tert-OH is 2. The maximum Gasteiger partial charge on any atom is 0.335 e. The SMILES string of the molecule is CNC(=O)N(CC1CCC1)C(O)[C@H]1CCN(C(O)c2cc(C#N)cc(/C(N)=C/N(N)CCOCCOCCOCCOCCOCCOCCOCCOCCOCCOCCOCCOCCC(=O)ON3C(=O)CCC3=O)c2)C1. The second kappa shape index (κ2) is 42.2. The summed E-state index contributed by atoms with van der Waals surface area (Å²) in [5.41, 5.74) is 8.04. The van der Waals surface area contributed by atoms with Crippen molar-refractivity contribution in [3.63, 3.8) is 0 Å². The van der Waals surface area contributed by atoms with Crippen LogP contribution in [0.5, 0.6) is 0 Å². The number of urea groups is 1. The lowest BCUT2D eigenvalue weighted by Crippen LogP contribution is -2.51. The van der Waals surface area contributed by atoms with Gasteiger partial charge in [-0.15, -0.1) is 5.06 Å². The summed E-state index contributed by atoms with van der Waals surface area (Å²) in [5.74, 6) is 4.57. The van der Waals surface area contributed by atoms with Gasteiger partial charge in [0.15, 0.2) is 0 Å². The average Bonchev–Trinajstić information content (AvgIpc) is 4.07. The molecular formula is C53H88N8O19. The molecule has 3 fully saturated rings. The van der Waals surface area contributed by atoms with Crippen molar-refractivity contribution in [3.8, 4) is 6.07 Å². The molecule has 80 heavy (non-hydrogen) atoms. The fourth-order valence-electron chi connectivity index (χ4n) is 8.16. The van der Waals surface area contributed by atoms with Gasteiger partial charge in [0.2, 0.25) is 0 Å². The minimum absolute atomic E-state index is 0.0483. The lowest BCUT2D eigenvalue weighted by Gasteiger charge is -2.37. The van der Waals surface area contributed by atoms with Crippen molar-refractivity contribution < 1.29 is 91.1 Å². The average molecular weight is 1140 g/mol. The highest BCUT2D eigenvalue weighted by Crippen LogP contribution is 2.33. The van der Waals surface area contributed by atoms with Crippen molar-refractivity contribution >= 4 is 29.5 Å². The Morgan fingerprint density at radius 1 is 0.688 bits per heavy atom. The molecule has 3 atom stereocenters. The van der Waals surface area contributed by atoms with Gasteiger partial charge >= 0.3 is 12.0 Å². The van der Waals surface area contributed by atoms with Crippen molar-refractivity contribution in [2.45, 2.75) is 57.4 Å². The van der Waals surface area contributed by atoms with E-state index in [-0.39, 0.29) is 44.4 Å². The number of rotatable bonds is 48. The summed E-state index contributed by atoms with van der Waals surface area (Å²) in [6.45, 7) is 11.2. The number of ether oxygens (including phenoxy) is 12. The Bertz CT molecular complexity index is 1950. The summed E-state index contributed by atoms with van der Waals surface area (Å²) in [6, 6.07) is 6.79. The van der Waals surface area contributed by atoms with Gasteiger partial charge in [-0.1, -0.05) is 6.42 Å². The minimum Gasteiger partial charge on any atom is -0.397 e. The molecule has 0 spiro atoms. The van der Waals surface area contributed by atoms with Gasteiger partial charge < -0.3 is 88.0 Å². The van der Waals surface area contributed by atoms with Crippen LogP contribution in [-0.2, 0) is 76.1 Å².